The van der Waals surface area contributed by atoms with Crippen LogP contribution in [0.15, 0.2) is 16.7 Å². The molecule has 1 heterocycles. The van der Waals surface area contributed by atoms with E-state index in [0.29, 0.717) is 11.4 Å². The highest BCUT2D eigenvalue weighted by atomic mass is 79.9. The summed E-state index contributed by atoms with van der Waals surface area (Å²) < 4.78 is 11.2. The van der Waals surface area contributed by atoms with Gasteiger partial charge in [-0.15, -0.1) is 0 Å². The van der Waals surface area contributed by atoms with Crippen molar-refractivity contribution >= 4 is 22.0 Å². The van der Waals surface area contributed by atoms with Gasteiger partial charge in [0.1, 0.15) is 5.60 Å². The molecule has 0 aliphatic carbocycles. The van der Waals surface area contributed by atoms with E-state index in [9.17, 15) is 4.79 Å². The molecule has 1 rings (SSSR count). The Balaban J connectivity index is 2.91. The molecule has 0 spiro atoms. The molecule has 0 saturated carbocycles. The number of carbonyl (C=O) groups excluding carboxylic acids is 1. The number of carbonyl (C=O) groups is 1. The zero-order valence-corrected chi connectivity index (χ0v) is 13.7. The Hall–Kier alpha value is -1.34. The average Bonchev–Trinajstić information content (AvgIpc) is 2.33. The molecule has 0 bridgehead atoms. The Morgan fingerprint density at radius 2 is 2.20 bits per heavy atom. The van der Waals surface area contributed by atoms with Gasteiger partial charge in [0, 0.05) is 22.8 Å². The molecular formula is C13H20BrN3O3. The molecule has 1 aromatic rings. The number of methoxy groups -OCH3 is 1. The molecule has 0 aromatic carbocycles. The number of aromatic nitrogens is 1. The normalized spacial score (nSPS) is 12.7. The van der Waals surface area contributed by atoms with E-state index in [1.807, 2.05) is 0 Å². The minimum atomic E-state index is -0.567. The van der Waals surface area contributed by atoms with E-state index in [-0.39, 0.29) is 6.54 Å². The number of hydrogen-bond acceptors (Lipinski definition) is 5. The number of halogens is 1. The lowest BCUT2D eigenvalue weighted by Gasteiger charge is -2.23. The Kier molecular flexibility index (Phi) is 5.76. The van der Waals surface area contributed by atoms with Crippen LogP contribution in [0.4, 0.5) is 4.79 Å². The van der Waals surface area contributed by atoms with Gasteiger partial charge >= 0.3 is 6.09 Å². The standard InChI is InChI=1S/C13H20BrN3O3/c1-13(2,3)20-12(18)17-10(6-15)9-5-8(14)7-16-11(9)19-4/h5,7,10H,6,15H2,1-4H3,(H,17,18). The molecular weight excluding hydrogens is 326 g/mol. The fourth-order valence-electron chi connectivity index (χ4n) is 1.58. The third-order valence-corrected chi connectivity index (χ3v) is 2.77. The van der Waals surface area contributed by atoms with Crippen LogP contribution in [0, 0.1) is 0 Å². The highest BCUT2D eigenvalue weighted by Gasteiger charge is 2.22. The molecule has 1 aromatic heterocycles. The maximum absolute atomic E-state index is 11.8. The minimum absolute atomic E-state index is 0.202. The third kappa shape index (κ3) is 4.97. The van der Waals surface area contributed by atoms with Crippen molar-refractivity contribution in [1.29, 1.82) is 0 Å². The summed E-state index contributed by atoms with van der Waals surface area (Å²) in [6, 6.07) is 1.37. The molecule has 0 saturated heterocycles. The van der Waals surface area contributed by atoms with Gasteiger partial charge in [0.2, 0.25) is 5.88 Å². The highest BCUT2D eigenvalue weighted by molar-refractivity contribution is 9.10. The third-order valence-electron chi connectivity index (χ3n) is 2.34. The zero-order chi connectivity index (χ0) is 15.3. The molecule has 1 atom stereocenters. The summed E-state index contributed by atoms with van der Waals surface area (Å²) >= 11 is 3.34. The van der Waals surface area contributed by atoms with Crippen molar-refractivity contribution < 1.29 is 14.3 Å². The van der Waals surface area contributed by atoms with Crippen molar-refractivity contribution in [1.82, 2.24) is 10.3 Å². The first-order valence-corrected chi connectivity index (χ1v) is 6.95. The monoisotopic (exact) mass is 345 g/mol. The predicted molar refractivity (Wildman–Crippen MR) is 79.7 cm³/mol. The van der Waals surface area contributed by atoms with Crippen molar-refractivity contribution in [3.63, 3.8) is 0 Å². The van der Waals surface area contributed by atoms with Gasteiger partial charge in [-0.3, -0.25) is 0 Å². The van der Waals surface area contributed by atoms with E-state index >= 15 is 0 Å². The summed E-state index contributed by atoms with van der Waals surface area (Å²) in [4.78, 5) is 16.0. The summed E-state index contributed by atoms with van der Waals surface area (Å²) in [5.41, 5.74) is 5.85. The van der Waals surface area contributed by atoms with Crippen LogP contribution in [0.2, 0.25) is 0 Å². The van der Waals surface area contributed by atoms with Gasteiger partial charge in [-0.05, 0) is 42.8 Å². The Labute approximate surface area is 127 Å². The summed E-state index contributed by atoms with van der Waals surface area (Å²) in [6.07, 6.45) is 1.08. The highest BCUT2D eigenvalue weighted by Crippen LogP contribution is 2.25. The molecule has 1 unspecified atom stereocenters. The topological polar surface area (TPSA) is 86.5 Å². The second-order valence-corrected chi connectivity index (χ2v) is 6.10. The van der Waals surface area contributed by atoms with E-state index in [4.69, 9.17) is 15.2 Å². The van der Waals surface area contributed by atoms with Gasteiger partial charge in [0.05, 0.1) is 13.2 Å². The van der Waals surface area contributed by atoms with Gasteiger partial charge in [0.15, 0.2) is 0 Å². The molecule has 6 nitrogen and oxygen atoms in total. The van der Waals surface area contributed by atoms with Gasteiger partial charge in [0.25, 0.3) is 0 Å². The number of hydrogen-bond donors (Lipinski definition) is 2. The lowest BCUT2D eigenvalue weighted by molar-refractivity contribution is 0.0504. The van der Waals surface area contributed by atoms with Crippen molar-refractivity contribution in [3.05, 3.63) is 22.3 Å². The Morgan fingerprint density at radius 3 is 2.70 bits per heavy atom. The largest absolute Gasteiger partial charge is 0.481 e. The zero-order valence-electron chi connectivity index (χ0n) is 12.1. The van der Waals surface area contributed by atoms with Crippen LogP contribution in [-0.2, 0) is 4.74 Å². The Bertz CT molecular complexity index is 474. The summed E-state index contributed by atoms with van der Waals surface area (Å²) in [6.45, 7) is 5.59. The molecule has 0 radical (unpaired) electrons. The quantitative estimate of drug-likeness (QED) is 0.874. The van der Waals surface area contributed by atoms with Crippen LogP contribution in [-0.4, -0.2) is 30.3 Å². The molecule has 0 aliphatic heterocycles. The number of nitrogens with two attached hydrogens (primary N) is 1. The van der Waals surface area contributed by atoms with Gasteiger partial charge in [-0.1, -0.05) is 0 Å². The van der Waals surface area contributed by atoms with Crippen molar-refractivity contribution in [2.24, 2.45) is 5.73 Å². The fourth-order valence-corrected chi connectivity index (χ4v) is 1.93. The summed E-state index contributed by atoms with van der Waals surface area (Å²) in [5.74, 6) is 0.416. The van der Waals surface area contributed by atoms with Crippen LogP contribution in [0.1, 0.15) is 32.4 Å². The number of nitrogens with zero attached hydrogens (tertiary/aromatic N) is 1. The predicted octanol–water partition coefficient (Wildman–Crippen LogP) is 2.38. The van der Waals surface area contributed by atoms with Crippen LogP contribution in [0.25, 0.3) is 0 Å². The molecule has 0 aliphatic rings. The maximum atomic E-state index is 11.8. The van der Waals surface area contributed by atoms with E-state index < -0.39 is 17.7 Å². The maximum Gasteiger partial charge on any atom is 0.408 e. The van der Waals surface area contributed by atoms with Gasteiger partial charge < -0.3 is 20.5 Å². The second kappa shape index (κ2) is 6.90. The van der Waals surface area contributed by atoms with Crippen LogP contribution >= 0.6 is 15.9 Å². The first-order valence-electron chi connectivity index (χ1n) is 6.16. The number of alkyl carbamates (subject to hydrolysis) is 1. The molecule has 112 valence electrons. The van der Waals surface area contributed by atoms with Crippen LogP contribution in [0.5, 0.6) is 5.88 Å². The molecule has 0 fully saturated rings. The minimum Gasteiger partial charge on any atom is -0.481 e. The molecule has 7 heteroatoms. The lowest BCUT2D eigenvalue weighted by atomic mass is 10.1. The number of ether oxygens (including phenoxy) is 2. The van der Waals surface area contributed by atoms with Gasteiger partial charge in [-0.2, -0.15) is 0 Å². The molecule has 1 amide bonds. The van der Waals surface area contributed by atoms with Crippen molar-refractivity contribution in [2.45, 2.75) is 32.4 Å². The Morgan fingerprint density at radius 1 is 1.55 bits per heavy atom. The number of pyridine rings is 1. The van der Waals surface area contributed by atoms with Gasteiger partial charge in [-0.25, -0.2) is 9.78 Å². The number of rotatable bonds is 4. The van der Waals surface area contributed by atoms with E-state index in [1.54, 1.807) is 33.0 Å². The summed E-state index contributed by atoms with van der Waals surface area (Å²) in [5, 5.41) is 2.71. The lowest BCUT2D eigenvalue weighted by Crippen LogP contribution is -2.38. The molecule has 3 N–H and O–H groups in total. The first-order chi connectivity index (χ1) is 9.26. The second-order valence-electron chi connectivity index (χ2n) is 5.19. The fraction of sp³-hybridized carbons (Fsp3) is 0.538. The SMILES string of the molecule is COc1ncc(Br)cc1C(CN)NC(=O)OC(C)(C)C. The van der Waals surface area contributed by atoms with Crippen molar-refractivity contribution in [2.75, 3.05) is 13.7 Å². The number of nitrogens with one attached hydrogen (secondary N) is 1. The van der Waals surface area contributed by atoms with E-state index in [1.165, 1.54) is 7.11 Å². The number of amides is 1. The smallest absolute Gasteiger partial charge is 0.408 e. The average molecular weight is 346 g/mol. The van der Waals surface area contributed by atoms with E-state index in [2.05, 4.69) is 26.2 Å². The van der Waals surface area contributed by atoms with Crippen molar-refractivity contribution in [3.8, 4) is 5.88 Å². The van der Waals surface area contributed by atoms with Crippen LogP contribution in [0.3, 0.4) is 0 Å². The molecule has 20 heavy (non-hydrogen) atoms. The first kappa shape index (κ1) is 16.7. The van der Waals surface area contributed by atoms with E-state index in [0.717, 1.165) is 4.47 Å². The summed E-state index contributed by atoms with van der Waals surface area (Å²) in [7, 11) is 1.51. The van der Waals surface area contributed by atoms with Crippen LogP contribution < -0.4 is 15.8 Å².